The Labute approximate surface area is 153 Å². The van der Waals surface area contributed by atoms with Crippen molar-refractivity contribution < 1.29 is 0 Å². The summed E-state index contributed by atoms with van der Waals surface area (Å²) in [5.74, 6) is 1.18. The summed E-state index contributed by atoms with van der Waals surface area (Å²) in [7, 11) is 0. The highest BCUT2D eigenvalue weighted by Crippen LogP contribution is 2.27. The van der Waals surface area contributed by atoms with Gasteiger partial charge in [0.2, 0.25) is 0 Å². The number of nitrogens with one attached hydrogen (secondary N) is 1. The van der Waals surface area contributed by atoms with Crippen LogP contribution < -0.4 is 10.5 Å². The maximum atomic E-state index is 12.2. The number of aromatic amines is 1. The van der Waals surface area contributed by atoms with Gasteiger partial charge in [0.25, 0.3) is 5.56 Å². The van der Waals surface area contributed by atoms with Gasteiger partial charge < -0.3 is 9.88 Å². The molecule has 1 N–H and O–H groups in total. The first-order valence-electron chi connectivity index (χ1n) is 8.65. The smallest absolute Gasteiger partial charge is 0.266 e. The normalized spacial score (nSPS) is 14.4. The van der Waals surface area contributed by atoms with Gasteiger partial charge >= 0.3 is 0 Å². The standard InChI is InChI=1S/C18H16N8O/c27-15-2-1-14(13-3-5-19-6-4-13)24-26(15)9-12-7-25(8-12)18-16-17(21-10-20-16)22-11-23-18/h1-6,10-12H,7-9H2,(H,20,21,22,23). The number of H-pyrrole nitrogens is 1. The Morgan fingerprint density at radius 3 is 2.78 bits per heavy atom. The molecule has 1 fully saturated rings. The Morgan fingerprint density at radius 1 is 1.07 bits per heavy atom. The van der Waals surface area contributed by atoms with Gasteiger partial charge in [-0.2, -0.15) is 5.10 Å². The number of pyridine rings is 1. The second-order valence-corrected chi connectivity index (χ2v) is 6.54. The third kappa shape index (κ3) is 2.82. The molecule has 27 heavy (non-hydrogen) atoms. The summed E-state index contributed by atoms with van der Waals surface area (Å²) in [5.41, 5.74) is 3.11. The summed E-state index contributed by atoms with van der Waals surface area (Å²) in [6, 6.07) is 7.08. The first-order valence-corrected chi connectivity index (χ1v) is 8.65. The van der Waals surface area contributed by atoms with Crippen molar-refractivity contribution >= 4 is 17.0 Å². The van der Waals surface area contributed by atoms with Gasteiger partial charge in [0.1, 0.15) is 11.8 Å². The molecule has 0 radical (unpaired) electrons. The van der Waals surface area contributed by atoms with Crippen LogP contribution in [-0.4, -0.2) is 47.8 Å². The SMILES string of the molecule is O=c1ccc(-c2ccncc2)nn1CC1CN(c2ncnc3nc[nH]c23)C1. The van der Waals surface area contributed by atoms with E-state index in [1.165, 1.54) is 6.33 Å². The summed E-state index contributed by atoms with van der Waals surface area (Å²) in [6.45, 7) is 2.18. The molecule has 0 unspecified atom stereocenters. The van der Waals surface area contributed by atoms with Crippen LogP contribution in [0.4, 0.5) is 5.82 Å². The Bertz CT molecular complexity index is 1150. The molecule has 1 saturated heterocycles. The van der Waals surface area contributed by atoms with Gasteiger partial charge in [0.15, 0.2) is 11.5 Å². The zero-order valence-electron chi connectivity index (χ0n) is 14.4. The summed E-state index contributed by atoms with van der Waals surface area (Å²) in [6.07, 6.45) is 6.58. The lowest BCUT2D eigenvalue weighted by atomic mass is 10.00. The molecule has 0 saturated carbocycles. The van der Waals surface area contributed by atoms with Gasteiger partial charge in [0.05, 0.1) is 18.6 Å². The van der Waals surface area contributed by atoms with Gasteiger partial charge in [-0.25, -0.2) is 19.6 Å². The Hall–Kier alpha value is -3.62. The van der Waals surface area contributed by atoms with Crippen LogP contribution in [0.5, 0.6) is 0 Å². The summed E-state index contributed by atoms with van der Waals surface area (Å²) >= 11 is 0. The van der Waals surface area contributed by atoms with Crippen LogP contribution in [0, 0.1) is 5.92 Å². The molecular formula is C18H16N8O. The van der Waals surface area contributed by atoms with E-state index in [0.29, 0.717) is 18.1 Å². The van der Waals surface area contributed by atoms with Crippen LogP contribution in [0.1, 0.15) is 0 Å². The van der Waals surface area contributed by atoms with E-state index < -0.39 is 0 Å². The molecule has 1 aliphatic heterocycles. The molecule has 0 atom stereocenters. The molecule has 0 aromatic carbocycles. The molecule has 9 heteroatoms. The van der Waals surface area contributed by atoms with E-state index in [4.69, 9.17) is 0 Å². The van der Waals surface area contributed by atoms with Crippen LogP contribution in [0.15, 0.2) is 54.1 Å². The maximum Gasteiger partial charge on any atom is 0.266 e. The number of rotatable bonds is 4. The fourth-order valence-corrected chi connectivity index (χ4v) is 3.35. The van der Waals surface area contributed by atoms with Gasteiger partial charge in [-0.05, 0) is 18.2 Å². The molecule has 0 aliphatic carbocycles. The van der Waals surface area contributed by atoms with Crippen molar-refractivity contribution in [3.8, 4) is 11.3 Å². The minimum absolute atomic E-state index is 0.0933. The number of imidazole rings is 1. The Balaban J connectivity index is 1.33. The molecule has 0 spiro atoms. The van der Waals surface area contributed by atoms with Crippen molar-refractivity contribution in [2.45, 2.75) is 6.54 Å². The van der Waals surface area contributed by atoms with Gasteiger partial charge in [0, 0.05) is 43.0 Å². The van der Waals surface area contributed by atoms with Crippen molar-refractivity contribution in [2.24, 2.45) is 5.92 Å². The van der Waals surface area contributed by atoms with Gasteiger partial charge in [-0.15, -0.1) is 0 Å². The zero-order chi connectivity index (χ0) is 18.2. The molecule has 9 nitrogen and oxygen atoms in total. The van der Waals surface area contributed by atoms with Crippen molar-refractivity contribution in [3.05, 3.63) is 59.7 Å². The summed E-state index contributed by atoms with van der Waals surface area (Å²) in [5, 5.41) is 4.52. The Kier molecular flexibility index (Phi) is 3.63. The van der Waals surface area contributed by atoms with Crippen LogP contribution in [0.25, 0.3) is 22.4 Å². The topological polar surface area (TPSA) is 105 Å². The van der Waals surface area contributed by atoms with Crippen molar-refractivity contribution in [1.82, 2.24) is 34.7 Å². The predicted molar refractivity (Wildman–Crippen MR) is 99.1 cm³/mol. The molecule has 1 aliphatic rings. The number of nitrogens with zero attached hydrogens (tertiary/aromatic N) is 7. The maximum absolute atomic E-state index is 12.2. The number of hydrogen-bond acceptors (Lipinski definition) is 7. The highest BCUT2D eigenvalue weighted by molar-refractivity contribution is 5.83. The van der Waals surface area contributed by atoms with E-state index in [1.54, 1.807) is 35.5 Å². The minimum atomic E-state index is -0.0933. The molecule has 4 aromatic heterocycles. The largest absolute Gasteiger partial charge is 0.354 e. The van der Waals surface area contributed by atoms with E-state index in [1.807, 2.05) is 12.1 Å². The second-order valence-electron chi connectivity index (χ2n) is 6.54. The average Bonchev–Trinajstić information content (AvgIpc) is 3.15. The highest BCUT2D eigenvalue weighted by atomic mass is 16.1. The molecule has 5 heterocycles. The average molecular weight is 360 g/mol. The van der Waals surface area contributed by atoms with Gasteiger partial charge in [-0.1, -0.05) is 0 Å². The van der Waals surface area contributed by atoms with Crippen LogP contribution in [0.2, 0.25) is 0 Å². The fourth-order valence-electron chi connectivity index (χ4n) is 3.35. The first-order chi connectivity index (χ1) is 13.3. The third-order valence-corrected chi connectivity index (χ3v) is 4.73. The lowest BCUT2D eigenvalue weighted by Gasteiger charge is -2.40. The third-order valence-electron chi connectivity index (χ3n) is 4.73. The van der Waals surface area contributed by atoms with E-state index in [-0.39, 0.29) is 5.56 Å². The molecule has 0 bridgehead atoms. The fraction of sp³-hybridized carbons (Fsp3) is 0.222. The van der Waals surface area contributed by atoms with Crippen molar-refractivity contribution in [2.75, 3.05) is 18.0 Å². The van der Waals surface area contributed by atoms with Crippen LogP contribution in [0.3, 0.4) is 0 Å². The highest BCUT2D eigenvalue weighted by Gasteiger charge is 2.30. The molecular weight excluding hydrogens is 344 g/mol. The van der Waals surface area contributed by atoms with E-state index >= 15 is 0 Å². The molecule has 4 aromatic rings. The predicted octanol–water partition coefficient (Wildman–Crippen LogP) is 1.11. The quantitative estimate of drug-likeness (QED) is 0.581. The summed E-state index contributed by atoms with van der Waals surface area (Å²) in [4.78, 5) is 34.1. The second kappa shape index (κ2) is 6.27. The van der Waals surface area contributed by atoms with Crippen LogP contribution >= 0.6 is 0 Å². The molecule has 134 valence electrons. The number of aromatic nitrogens is 7. The molecule has 0 amide bonds. The minimum Gasteiger partial charge on any atom is -0.354 e. The van der Waals surface area contributed by atoms with Crippen molar-refractivity contribution in [1.29, 1.82) is 0 Å². The number of fused-ring (bicyclic) bond motifs is 1. The van der Waals surface area contributed by atoms with E-state index in [0.717, 1.165) is 35.7 Å². The van der Waals surface area contributed by atoms with E-state index in [9.17, 15) is 4.79 Å². The number of anilines is 1. The zero-order valence-corrected chi connectivity index (χ0v) is 14.4. The monoisotopic (exact) mass is 360 g/mol. The first kappa shape index (κ1) is 15.6. The van der Waals surface area contributed by atoms with Gasteiger partial charge in [-0.3, -0.25) is 9.78 Å². The lowest BCUT2D eigenvalue weighted by Crippen LogP contribution is -2.50. The van der Waals surface area contributed by atoms with Crippen molar-refractivity contribution in [3.63, 3.8) is 0 Å². The lowest BCUT2D eigenvalue weighted by molar-refractivity contribution is 0.334. The number of hydrogen-bond donors (Lipinski definition) is 1. The van der Waals surface area contributed by atoms with E-state index in [2.05, 4.69) is 34.9 Å². The summed E-state index contributed by atoms with van der Waals surface area (Å²) < 4.78 is 1.55. The Morgan fingerprint density at radius 2 is 1.93 bits per heavy atom. The molecule has 5 rings (SSSR count). The van der Waals surface area contributed by atoms with Crippen LogP contribution in [-0.2, 0) is 6.54 Å².